The third kappa shape index (κ3) is 12.5. The van der Waals surface area contributed by atoms with E-state index in [1.54, 1.807) is 84.9 Å². The van der Waals surface area contributed by atoms with Gasteiger partial charge in [-0.25, -0.2) is 4.79 Å². The van der Waals surface area contributed by atoms with Gasteiger partial charge in [0.15, 0.2) is 0 Å². The predicted octanol–water partition coefficient (Wildman–Crippen LogP) is 7.06. The molecule has 0 radical (unpaired) electrons. The van der Waals surface area contributed by atoms with E-state index in [1.807, 2.05) is 36.4 Å². The fourth-order valence-corrected chi connectivity index (χ4v) is 9.61. The quantitative estimate of drug-likeness (QED) is 0.0305. The monoisotopic (exact) mass is 983 g/mol. The number of aliphatic hydroxyl groups excluding tert-OH is 1. The standard InChI is InChI=1S/C59H61N5O9/c65-52-24-22-50(51-23-25-54(67)63-55(51)52)53(66)35-60-29-26-39-14-18-43(19-15-39)56(68)61-47-33-48(34-47)62-57(69)44-20-16-41(17-21-44)37-72-49-13-7-12-46(32-49)59(71,45-10-5-2-6-11-45)58(70)73-38-42-27-30-64(31-28-42)36-40-8-3-1-4-9-40/h1-25,32,42,47-48,53,60,65-66,71H,26-31,33-38H2,(H,61,68)(H,62,69)(H,63,67)/t47-,48-,53-,59-/m0/s1. The summed E-state index contributed by atoms with van der Waals surface area (Å²) in [6, 6.07) is 46.5. The second-order valence-electron chi connectivity index (χ2n) is 19.2. The maximum atomic E-state index is 13.9. The highest BCUT2D eigenvalue weighted by Gasteiger charge is 2.42. The number of aliphatic hydroxyl groups is 2. The summed E-state index contributed by atoms with van der Waals surface area (Å²) in [7, 11) is 0. The molecule has 14 nitrogen and oxygen atoms in total. The zero-order valence-electron chi connectivity index (χ0n) is 40.5. The van der Waals surface area contributed by atoms with Crippen molar-refractivity contribution in [1.29, 1.82) is 0 Å². The summed E-state index contributed by atoms with van der Waals surface area (Å²) >= 11 is 0. The number of amides is 2. The summed E-state index contributed by atoms with van der Waals surface area (Å²) in [4.78, 5) is 56.9. The van der Waals surface area contributed by atoms with Crippen LogP contribution in [0.3, 0.4) is 0 Å². The second-order valence-corrected chi connectivity index (χ2v) is 19.2. The highest BCUT2D eigenvalue weighted by Crippen LogP contribution is 2.34. The number of rotatable bonds is 20. The zero-order valence-corrected chi connectivity index (χ0v) is 40.5. The molecular formula is C59H61N5O9. The number of piperidine rings is 1. The van der Waals surface area contributed by atoms with Crippen LogP contribution in [0, 0.1) is 5.92 Å². The van der Waals surface area contributed by atoms with Crippen molar-refractivity contribution in [3.05, 3.63) is 213 Å². The van der Waals surface area contributed by atoms with E-state index >= 15 is 0 Å². The van der Waals surface area contributed by atoms with Gasteiger partial charge in [-0.1, -0.05) is 103 Å². The largest absolute Gasteiger partial charge is 0.506 e. The molecule has 1 saturated heterocycles. The van der Waals surface area contributed by atoms with Crippen molar-refractivity contribution >= 4 is 28.7 Å². The number of hydrogen-bond acceptors (Lipinski definition) is 11. The molecule has 376 valence electrons. The van der Waals surface area contributed by atoms with E-state index in [2.05, 4.69) is 50.1 Å². The lowest BCUT2D eigenvalue weighted by atomic mass is 9.86. The number of aromatic nitrogens is 1. The van der Waals surface area contributed by atoms with Crippen LogP contribution >= 0.6 is 0 Å². The molecular weight excluding hydrogens is 923 g/mol. The van der Waals surface area contributed by atoms with E-state index in [4.69, 9.17) is 9.47 Å². The van der Waals surface area contributed by atoms with Gasteiger partial charge in [0.25, 0.3) is 11.8 Å². The average Bonchev–Trinajstić information content (AvgIpc) is 3.41. The maximum absolute atomic E-state index is 13.9. The van der Waals surface area contributed by atoms with Crippen molar-refractivity contribution < 1.29 is 39.2 Å². The fraction of sp³-hybridized carbons (Fsp3) is 0.288. The zero-order chi connectivity index (χ0) is 50.7. The number of benzene rings is 6. The van der Waals surface area contributed by atoms with Gasteiger partial charge in [0, 0.05) is 53.3 Å². The molecule has 7 N–H and O–H groups in total. The molecule has 0 bridgehead atoms. The Bertz CT molecular complexity index is 3050. The van der Waals surface area contributed by atoms with Gasteiger partial charge < -0.3 is 45.7 Å². The van der Waals surface area contributed by atoms with E-state index in [9.17, 15) is 34.5 Å². The maximum Gasteiger partial charge on any atom is 0.347 e. The first-order valence-corrected chi connectivity index (χ1v) is 25.0. The van der Waals surface area contributed by atoms with Crippen molar-refractivity contribution in [2.75, 3.05) is 32.8 Å². The van der Waals surface area contributed by atoms with Gasteiger partial charge in [-0.15, -0.1) is 0 Å². The summed E-state index contributed by atoms with van der Waals surface area (Å²) in [6.45, 7) is 3.97. The number of hydrogen-bond donors (Lipinski definition) is 7. The van der Waals surface area contributed by atoms with Crippen LogP contribution in [-0.4, -0.2) is 87.9 Å². The first-order chi connectivity index (χ1) is 35.5. The Morgan fingerprint density at radius 3 is 2.01 bits per heavy atom. The summed E-state index contributed by atoms with van der Waals surface area (Å²) < 4.78 is 12.1. The molecule has 14 heteroatoms. The van der Waals surface area contributed by atoms with Crippen LogP contribution < -0.4 is 26.2 Å². The first-order valence-electron chi connectivity index (χ1n) is 25.0. The number of phenolic OH excluding ortho intramolecular Hbond substituents is 1. The third-order valence-corrected chi connectivity index (χ3v) is 14.0. The van der Waals surface area contributed by atoms with E-state index in [1.165, 1.54) is 17.7 Å². The Balaban J connectivity index is 0.694. The summed E-state index contributed by atoms with van der Waals surface area (Å²) in [5, 5.41) is 43.1. The van der Waals surface area contributed by atoms with Crippen LogP contribution in [-0.2, 0) is 34.7 Å². The predicted molar refractivity (Wildman–Crippen MR) is 278 cm³/mol. The van der Waals surface area contributed by atoms with E-state index < -0.39 is 17.7 Å². The number of likely N-dealkylation sites (tertiary alicyclic amines) is 1. The molecule has 1 aliphatic carbocycles. The number of carbonyl (C=O) groups excluding carboxylic acids is 3. The van der Waals surface area contributed by atoms with Crippen molar-refractivity contribution in [1.82, 2.24) is 25.8 Å². The van der Waals surface area contributed by atoms with Crippen LogP contribution in [0.2, 0.25) is 0 Å². The lowest BCUT2D eigenvalue weighted by molar-refractivity contribution is -0.164. The molecule has 1 aromatic heterocycles. The number of nitrogens with zero attached hydrogens (tertiary/aromatic N) is 1. The minimum Gasteiger partial charge on any atom is -0.506 e. The molecule has 9 rings (SSSR count). The number of pyridine rings is 1. The number of aromatic hydroxyl groups is 1. The molecule has 7 aromatic rings. The van der Waals surface area contributed by atoms with E-state index in [-0.39, 0.29) is 66.4 Å². The molecule has 0 spiro atoms. The molecule has 1 saturated carbocycles. The Morgan fingerprint density at radius 1 is 0.712 bits per heavy atom. The van der Waals surface area contributed by atoms with Gasteiger partial charge in [-0.2, -0.15) is 0 Å². The summed E-state index contributed by atoms with van der Waals surface area (Å²) in [5.41, 5.74) is 3.38. The number of H-pyrrole nitrogens is 1. The second kappa shape index (κ2) is 23.3. The number of nitrogens with one attached hydrogen (secondary N) is 4. The van der Waals surface area contributed by atoms with Gasteiger partial charge in [0.1, 0.15) is 18.1 Å². The fourth-order valence-electron chi connectivity index (χ4n) is 9.61. The van der Waals surface area contributed by atoms with Crippen molar-refractivity contribution in [3.63, 3.8) is 0 Å². The molecule has 0 unspecified atom stereocenters. The molecule has 6 aromatic carbocycles. The van der Waals surface area contributed by atoms with Gasteiger partial charge in [0.2, 0.25) is 11.2 Å². The molecule has 2 heterocycles. The summed E-state index contributed by atoms with van der Waals surface area (Å²) in [5.74, 6) is -0.527. The Morgan fingerprint density at radius 2 is 1.34 bits per heavy atom. The molecule has 2 aliphatic rings. The average molecular weight is 984 g/mol. The molecule has 1 aliphatic heterocycles. The van der Waals surface area contributed by atoms with Gasteiger partial charge in [0.05, 0.1) is 18.2 Å². The number of ether oxygens (including phenoxy) is 2. The van der Waals surface area contributed by atoms with Gasteiger partial charge in [-0.05, 0) is 134 Å². The highest BCUT2D eigenvalue weighted by atomic mass is 16.5. The van der Waals surface area contributed by atoms with E-state index in [0.717, 1.165) is 43.6 Å². The highest BCUT2D eigenvalue weighted by molar-refractivity contribution is 5.95. The number of esters is 1. The van der Waals surface area contributed by atoms with Gasteiger partial charge in [-0.3, -0.25) is 19.3 Å². The Hall–Kier alpha value is -7.62. The Labute approximate surface area is 424 Å². The van der Waals surface area contributed by atoms with Crippen LogP contribution in [0.15, 0.2) is 163 Å². The van der Waals surface area contributed by atoms with Gasteiger partial charge >= 0.3 is 5.97 Å². The van der Waals surface area contributed by atoms with Crippen LogP contribution in [0.25, 0.3) is 10.9 Å². The lowest BCUT2D eigenvalue weighted by Crippen LogP contribution is -2.53. The summed E-state index contributed by atoms with van der Waals surface area (Å²) in [6.07, 6.45) is 2.84. The topological polar surface area (TPSA) is 203 Å². The normalized spacial score (nSPS) is 17.2. The lowest BCUT2D eigenvalue weighted by Gasteiger charge is -2.36. The minimum atomic E-state index is -2.06. The van der Waals surface area contributed by atoms with E-state index in [0.29, 0.717) is 64.8 Å². The van der Waals surface area contributed by atoms with Crippen LogP contribution in [0.5, 0.6) is 11.5 Å². The Kier molecular flexibility index (Phi) is 16.1. The number of carbonyl (C=O) groups is 3. The molecule has 2 amide bonds. The number of fused-ring (bicyclic) bond motifs is 1. The molecule has 2 atom stereocenters. The van der Waals surface area contributed by atoms with Crippen molar-refractivity contribution in [2.24, 2.45) is 5.92 Å². The smallest absolute Gasteiger partial charge is 0.347 e. The minimum absolute atomic E-state index is 0.0598. The first kappa shape index (κ1) is 50.3. The third-order valence-electron chi connectivity index (χ3n) is 14.0. The van der Waals surface area contributed by atoms with Crippen molar-refractivity contribution in [2.45, 2.75) is 69.0 Å². The molecule has 73 heavy (non-hydrogen) atoms. The van der Waals surface area contributed by atoms with Crippen LogP contribution in [0.1, 0.15) is 85.9 Å². The SMILES string of the molecule is O=C(N[C@H]1C[C@H](NC(=O)c2ccc(COc3cccc([C@](O)(C(=O)OCC4CCN(Cc5ccccc5)CC4)c4ccccc4)c3)cc2)C1)c1ccc(CCNC[C@H](O)c2ccc(O)c3[nH]c(=O)ccc23)cc1. The van der Waals surface area contributed by atoms with Crippen molar-refractivity contribution in [3.8, 4) is 11.5 Å². The van der Waals surface area contributed by atoms with Crippen LogP contribution in [0.4, 0.5) is 0 Å². The molecule has 2 fully saturated rings. The number of aromatic amines is 1. The number of phenols is 1.